The van der Waals surface area contributed by atoms with E-state index in [4.69, 9.17) is 0 Å². The fourth-order valence-electron chi connectivity index (χ4n) is 3.91. The Balaban J connectivity index is 1.33. The monoisotopic (exact) mass is 350 g/mol. The highest BCUT2D eigenvalue weighted by molar-refractivity contribution is 5.86. The molecule has 8 heteroatoms. The molecule has 0 amide bonds. The Hall–Kier alpha value is -2.77. The molecule has 1 fully saturated rings. The number of aromatic nitrogens is 6. The van der Waals surface area contributed by atoms with Gasteiger partial charge in [0.25, 0.3) is 0 Å². The van der Waals surface area contributed by atoms with Crippen molar-refractivity contribution in [1.29, 1.82) is 0 Å². The Morgan fingerprint density at radius 1 is 1.12 bits per heavy atom. The predicted molar refractivity (Wildman–Crippen MR) is 99.4 cm³/mol. The second kappa shape index (κ2) is 5.89. The molecule has 0 aromatic carbocycles. The minimum Gasteiger partial charge on any atom is -0.352 e. The van der Waals surface area contributed by atoms with Crippen LogP contribution in [0.4, 0.5) is 11.6 Å². The normalized spacial score (nSPS) is 17.2. The second-order valence-electron chi connectivity index (χ2n) is 7.29. The van der Waals surface area contributed by atoms with Crippen molar-refractivity contribution in [3.8, 4) is 0 Å². The summed E-state index contributed by atoms with van der Waals surface area (Å²) in [6.45, 7) is 1.85. The minimum absolute atomic E-state index is 0.395. The fraction of sp³-hybridized carbons (Fsp3) is 0.500. The van der Waals surface area contributed by atoms with E-state index in [-0.39, 0.29) is 0 Å². The van der Waals surface area contributed by atoms with Crippen molar-refractivity contribution in [2.45, 2.75) is 31.7 Å². The molecule has 1 aliphatic carbocycles. The van der Waals surface area contributed by atoms with Gasteiger partial charge < -0.3 is 9.80 Å². The summed E-state index contributed by atoms with van der Waals surface area (Å²) in [6.07, 6.45) is 8.27. The van der Waals surface area contributed by atoms with Crippen LogP contribution in [-0.4, -0.2) is 56.1 Å². The lowest BCUT2D eigenvalue weighted by molar-refractivity contribution is 0.487. The molecule has 0 N–H and O–H groups in total. The Morgan fingerprint density at radius 2 is 1.96 bits per heavy atom. The number of fused-ring (bicyclic) bond motifs is 2. The van der Waals surface area contributed by atoms with Crippen molar-refractivity contribution in [2.75, 3.05) is 29.9 Å². The summed E-state index contributed by atoms with van der Waals surface area (Å²) in [5.74, 6) is 1.94. The zero-order valence-corrected chi connectivity index (χ0v) is 15.1. The van der Waals surface area contributed by atoms with Gasteiger partial charge in [-0.15, -0.1) is 5.10 Å². The zero-order chi connectivity index (χ0) is 17.7. The zero-order valence-electron chi connectivity index (χ0n) is 15.1. The largest absolute Gasteiger partial charge is 0.352 e. The van der Waals surface area contributed by atoms with Crippen LogP contribution in [0.15, 0.2) is 18.6 Å². The van der Waals surface area contributed by atoms with E-state index in [0.717, 1.165) is 48.6 Å². The van der Waals surface area contributed by atoms with E-state index in [9.17, 15) is 0 Å². The van der Waals surface area contributed by atoms with Crippen LogP contribution in [0.3, 0.4) is 0 Å². The second-order valence-corrected chi connectivity index (χ2v) is 7.29. The number of hydrogen-bond donors (Lipinski definition) is 0. The highest BCUT2D eigenvalue weighted by Gasteiger charge is 2.33. The molecule has 8 nitrogen and oxygen atoms in total. The van der Waals surface area contributed by atoms with Gasteiger partial charge >= 0.3 is 0 Å². The number of nitrogens with zero attached hydrogens (tertiary/aromatic N) is 8. The van der Waals surface area contributed by atoms with Crippen LogP contribution in [0.2, 0.25) is 0 Å². The van der Waals surface area contributed by atoms with E-state index < -0.39 is 0 Å². The molecule has 1 aliphatic heterocycles. The third-order valence-corrected chi connectivity index (χ3v) is 5.54. The molecule has 0 spiro atoms. The van der Waals surface area contributed by atoms with Crippen LogP contribution in [0.1, 0.15) is 24.1 Å². The molecule has 0 atom stereocenters. The number of aryl methyl sites for hydroxylation is 3. The first-order chi connectivity index (χ1) is 12.7. The topological polar surface area (TPSA) is 75.9 Å². The smallest absolute Gasteiger partial charge is 0.186 e. The molecule has 2 aliphatic rings. The SMILES string of the molecule is CN(c1ncnc2nn(C)cc12)C1CN(c2cc3c(nn2)CCCC3)C1. The van der Waals surface area contributed by atoms with E-state index in [1.807, 2.05) is 13.2 Å². The maximum absolute atomic E-state index is 4.49. The summed E-state index contributed by atoms with van der Waals surface area (Å²) < 4.78 is 1.78. The van der Waals surface area contributed by atoms with Crippen LogP contribution in [0.25, 0.3) is 11.0 Å². The van der Waals surface area contributed by atoms with Gasteiger partial charge in [0.05, 0.1) is 17.1 Å². The molecule has 0 saturated carbocycles. The molecule has 4 heterocycles. The molecule has 3 aromatic heterocycles. The average Bonchev–Trinajstić information content (AvgIpc) is 3.00. The van der Waals surface area contributed by atoms with Gasteiger partial charge in [0.2, 0.25) is 0 Å². The summed E-state index contributed by atoms with van der Waals surface area (Å²) in [6, 6.07) is 2.63. The quantitative estimate of drug-likeness (QED) is 0.706. The van der Waals surface area contributed by atoms with Crippen LogP contribution in [0.5, 0.6) is 0 Å². The maximum atomic E-state index is 4.49. The van der Waals surface area contributed by atoms with Crippen LogP contribution < -0.4 is 9.80 Å². The van der Waals surface area contributed by atoms with E-state index in [0.29, 0.717) is 6.04 Å². The number of anilines is 2. The van der Waals surface area contributed by atoms with Crippen LogP contribution >= 0.6 is 0 Å². The van der Waals surface area contributed by atoms with Gasteiger partial charge in [-0.2, -0.15) is 10.2 Å². The first-order valence-corrected chi connectivity index (χ1v) is 9.16. The lowest BCUT2D eigenvalue weighted by Crippen LogP contribution is -2.59. The molecular formula is C18H22N8. The van der Waals surface area contributed by atoms with Crippen molar-refractivity contribution < 1.29 is 0 Å². The third-order valence-electron chi connectivity index (χ3n) is 5.54. The van der Waals surface area contributed by atoms with E-state index in [2.05, 4.69) is 48.2 Å². The highest BCUT2D eigenvalue weighted by atomic mass is 15.4. The molecular weight excluding hydrogens is 328 g/mol. The molecule has 3 aromatic rings. The fourth-order valence-corrected chi connectivity index (χ4v) is 3.91. The van der Waals surface area contributed by atoms with E-state index in [1.165, 1.54) is 24.1 Å². The first-order valence-electron chi connectivity index (χ1n) is 9.16. The van der Waals surface area contributed by atoms with Gasteiger partial charge in [0.15, 0.2) is 11.5 Å². The van der Waals surface area contributed by atoms with Gasteiger partial charge in [-0.1, -0.05) is 0 Å². The number of likely N-dealkylation sites (N-methyl/N-ethyl adjacent to an activating group) is 1. The van der Waals surface area contributed by atoms with E-state index >= 15 is 0 Å². The van der Waals surface area contributed by atoms with Gasteiger partial charge in [-0.3, -0.25) is 4.68 Å². The van der Waals surface area contributed by atoms with Gasteiger partial charge in [0.1, 0.15) is 12.1 Å². The highest BCUT2D eigenvalue weighted by Crippen LogP contribution is 2.29. The van der Waals surface area contributed by atoms with Crippen molar-refractivity contribution >= 4 is 22.7 Å². The average molecular weight is 350 g/mol. The van der Waals surface area contributed by atoms with Crippen molar-refractivity contribution in [1.82, 2.24) is 29.9 Å². The Morgan fingerprint density at radius 3 is 2.85 bits per heavy atom. The van der Waals surface area contributed by atoms with Crippen molar-refractivity contribution in [3.63, 3.8) is 0 Å². The molecule has 0 unspecified atom stereocenters. The Bertz CT molecular complexity index is 959. The number of hydrogen-bond acceptors (Lipinski definition) is 7. The maximum Gasteiger partial charge on any atom is 0.186 e. The molecule has 0 bridgehead atoms. The minimum atomic E-state index is 0.395. The van der Waals surface area contributed by atoms with E-state index in [1.54, 1.807) is 11.0 Å². The van der Waals surface area contributed by atoms with Crippen molar-refractivity contribution in [2.24, 2.45) is 7.05 Å². The van der Waals surface area contributed by atoms with Gasteiger partial charge in [-0.25, -0.2) is 9.97 Å². The summed E-state index contributed by atoms with van der Waals surface area (Å²) in [5, 5.41) is 14.3. The molecule has 0 radical (unpaired) electrons. The standard InChI is InChI=1S/C18H22N8/c1-24-10-14-17(23-24)19-11-20-18(14)25(2)13-8-26(9-13)16-7-12-5-3-4-6-15(12)21-22-16/h7,10-11,13H,3-6,8-9H2,1-2H3. The van der Waals surface area contributed by atoms with Crippen LogP contribution in [-0.2, 0) is 19.9 Å². The summed E-state index contributed by atoms with van der Waals surface area (Å²) in [7, 11) is 4.00. The van der Waals surface area contributed by atoms with Gasteiger partial charge in [0, 0.05) is 33.4 Å². The summed E-state index contributed by atoms with van der Waals surface area (Å²) in [4.78, 5) is 13.3. The molecule has 1 saturated heterocycles. The third kappa shape index (κ3) is 2.48. The number of rotatable bonds is 3. The molecule has 5 rings (SSSR count). The van der Waals surface area contributed by atoms with Crippen LogP contribution in [0, 0.1) is 0 Å². The Kier molecular flexibility index (Phi) is 3.51. The Labute approximate surface area is 151 Å². The van der Waals surface area contributed by atoms with Crippen molar-refractivity contribution in [3.05, 3.63) is 29.8 Å². The molecule has 26 heavy (non-hydrogen) atoms. The lowest BCUT2D eigenvalue weighted by Gasteiger charge is -2.45. The first kappa shape index (κ1) is 15.5. The molecule has 134 valence electrons. The summed E-state index contributed by atoms with van der Waals surface area (Å²) in [5.41, 5.74) is 3.31. The lowest BCUT2D eigenvalue weighted by atomic mass is 9.96. The predicted octanol–water partition coefficient (Wildman–Crippen LogP) is 1.36. The summed E-state index contributed by atoms with van der Waals surface area (Å²) >= 11 is 0. The van der Waals surface area contributed by atoms with Gasteiger partial charge in [-0.05, 0) is 37.3 Å².